The molecule has 2 N–H and O–H groups in total. The predicted molar refractivity (Wildman–Crippen MR) is 96.9 cm³/mol. The second kappa shape index (κ2) is 6.01. The average molecular weight is 356 g/mol. The van der Waals surface area contributed by atoms with Gasteiger partial charge < -0.3 is 0 Å². The minimum Gasteiger partial charge on any atom is -0.297 e. The van der Waals surface area contributed by atoms with Crippen molar-refractivity contribution in [3.05, 3.63) is 29.1 Å². The van der Waals surface area contributed by atoms with E-state index in [2.05, 4.69) is 21.7 Å². The van der Waals surface area contributed by atoms with Crippen LogP contribution in [0.2, 0.25) is 0 Å². The smallest absolute Gasteiger partial charge is 0.276 e. The topological polar surface area (TPSA) is 68.7 Å². The van der Waals surface area contributed by atoms with Crippen LogP contribution >= 0.6 is 0 Å². The minimum absolute atomic E-state index is 0.434. The number of amides is 1. The van der Waals surface area contributed by atoms with Crippen molar-refractivity contribution in [2.24, 2.45) is 5.41 Å². The second-order valence-electron chi connectivity index (χ2n) is 8.91. The van der Waals surface area contributed by atoms with E-state index in [1.54, 1.807) is 11.7 Å². The summed E-state index contributed by atoms with van der Waals surface area (Å²) in [5.74, 6) is -0.485. The van der Waals surface area contributed by atoms with E-state index in [-0.39, 0.29) is 0 Å². The summed E-state index contributed by atoms with van der Waals surface area (Å²) in [5.41, 5.74) is 4.89. The Morgan fingerprint density at radius 1 is 1.38 bits per heavy atom. The van der Waals surface area contributed by atoms with E-state index in [1.165, 1.54) is 38.8 Å². The Morgan fingerprint density at radius 3 is 2.88 bits per heavy atom. The maximum atomic E-state index is 11.7. The molecule has 1 aromatic heterocycles. The molecular weight excluding hydrogens is 328 g/mol. The van der Waals surface area contributed by atoms with Crippen LogP contribution in [0.4, 0.5) is 0 Å². The SMILES string of the molecule is CC[C@@H]1Cc2ncc(C(=O)NO)cc2CN1CC12CC(C1)N(C1CC1)C2. The first-order valence-corrected chi connectivity index (χ1v) is 10.0. The van der Waals surface area contributed by atoms with Crippen LogP contribution in [0, 0.1) is 5.41 Å². The Bertz CT molecular complexity index is 727. The number of fused-ring (bicyclic) bond motifs is 2. The van der Waals surface area contributed by atoms with Crippen LogP contribution in [0.15, 0.2) is 12.3 Å². The van der Waals surface area contributed by atoms with E-state index in [9.17, 15) is 4.79 Å². The van der Waals surface area contributed by atoms with Crippen LogP contribution in [0.1, 0.15) is 60.6 Å². The van der Waals surface area contributed by atoms with Crippen molar-refractivity contribution >= 4 is 5.91 Å². The third-order valence-corrected chi connectivity index (χ3v) is 7.09. The van der Waals surface area contributed by atoms with Crippen LogP contribution < -0.4 is 5.48 Å². The van der Waals surface area contributed by atoms with Gasteiger partial charge in [-0.05, 0) is 49.1 Å². The maximum Gasteiger partial charge on any atom is 0.276 e. The summed E-state index contributed by atoms with van der Waals surface area (Å²) >= 11 is 0. The van der Waals surface area contributed by atoms with Gasteiger partial charge in [0.05, 0.1) is 5.56 Å². The molecule has 140 valence electrons. The highest BCUT2D eigenvalue weighted by atomic mass is 16.5. The third kappa shape index (κ3) is 2.66. The summed E-state index contributed by atoms with van der Waals surface area (Å²) < 4.78 is 0. The average Bonchev–Trinajstić information content (AvgIpc) is 3.34. The minimum atomic E-state index is -0.485. The summed E-state index contributed by atoms with van der Waals surface area (Å²) in [6, 6.07) is 4.17. The highest BCUT2D eigenvalue weighted by Crippen LogP contribution is 2.55. The zero-order valence-corrected chi connectivity index (χ0v) is 15.4. The molecule has 3 aliphatic heterocycles. The molecule has 26 heavy (non-hydrogen) atoms. The molecule has 0 radical (unpaired) electrons. The highest BCUT2D eigenvalue weighted by molar-refractivity contribution is 5.93. The number of pyridine rings is 1. The van der Waals surface area contributed by atoms with Gasteiger partial charge in [0.15, 0.2) is 0 Å². The predicted octanol–water partition coefficient (Wildman–Crippen LogP) is 1.96. The highest BCUT2D eigenvalue weighted by Gasteiger charge is 2.58. The van der Waals surface area contributed by atoms with Crippen LogP contribution in [-0.2, 0) is 13.0 Å². The van der Waals surface area contributed by atoms with Crippen molar-refractivity contribution in [2.75, 3.05) is 13.1 Å². The first kappa shape index (κ1) is 16.7. The molecule has 2 saturated carbocycles. The van der Waals surface area contributed by atoms with E-state index in [0.29, 0.717) is 17.0 Å². The molecule has 6 nitrogen and oxygen atoms in total. The monoisotopic (exact) mass is 356 g/mol. The van der Waals surface area contributed by atoms with E-state index < -0.39 is 5.91 Å². The van der Waals surface area contributed by atoms with Gasteiger partial charge in [0.1, 0.15) is 0 Å². The molecule has 4 fully saturated rings. The molecule has 2 saturated heterocycles. The Hall–Kier alpha value is -1.50. The number of nitrogens with zero attached hydrogens (tertiary/aromatic N) is 3. The fourth-order valence-corrected chi connectivity index (χ4v) is 5.60. The lowest BCUT2D eigenvalue weighted by molar-refractivity contribution is 0.0614. The van der Waals surface area contributed by atoms with Crippen LogP contribution in [0.5, 0.6) is 0 Å². The second-order valence-corrected chi connectivity index (χ2v) is 8.91. The molecule has 1 aromatic rings. The number of hydrogen-bond donors (Lipinski definition) is 2. The Balaban J connectivity index is 1.34. The largest absolute Gasteiger partial charge is 0.297 e. The van der Waals surface area contributed by atoms with Gasteiger partial charge in [-0.25, -0.2) is 5.48 Å². The number of aromatic nitrogens is 1. The molecule has 2 aliphatic carbocycles. The van der Waals surface area contributed by atoms with E-state index >= 15 is 0 Å². The molecule has 4 heterocycles. The van der Waals surface area contributed by atoms with Crippen molar-refractivity contribution < 1.29 is 10.0 Å². The van der Waals surface area contributed by atoms with Gasteiger partial charge in [-0.2, -0.15) is 0 Å². The fraction of sp³-hybridized carbons (Fsp3) is 0.700. The van der Waals surface area contributed by atoms with Crippen molar-refractivity contribution in [3.8, 4) is 0 Å². The summed E-state index contributed by atoms with van der Waals surface area (Å²) in [4.78, 5) is 21.7. The normalized spacial score (nSPS) is 33.6. The van der Waals surface area contributed by atoms with E-state index in [0.717, 1.165) is 42.7 Å². The Kier molecular flexibility index (Phi) is 3.85. The first-order valence-electron chi connectivity index (χ1n) is 10.0. The lowest BCUT2D eigenvalue weighted by Crippen LogP contribution is -2.49. The van der Waals surface area contributed by atoms with Crippen LogP contribution in [0.3, 0.4) is 0 Å². The number of hydrogen-bond acceptors (Lipinski definition) is 5. The Morgan fingerprint density at radius 2 is 2.19 bits per heavy atom. The van der Waals surface area contributed by atoms with Gasteiger partial charge in [0, 0.05) is 56.1 Å². The van der Waals surface area contributed by atoms with Crippen molar-refractivity contribution in [1.29, 1.82) is 0 Å². The molecule has 1 atom stereocenters. The van der Waals surface area contributed by atoms with E-state index in [1.807, 2.05) is 6.07 Å². The number of nitrogens with one attached hydrogen (secondary N) is 1. The number of carbonyl (C=O) groups excluding carboxylic acids is 1. The summed E-state index contributed by atoms with van der Waals surface area (Å²) in [5, 5.41) is 8.89. The van der Waals surface area contributed by atoms with Gasteiger partial charge in [-0.3, -0.25) is 24.8 Å². The molecule has 0 aromatic carbocycles. The standard InChI is InChI=1S/C20H28N4O2/c1-2-15-6-18-14(5-13(9-21-18)19(25)22-26)10-23(15)11-20-7-17(8-20)24(12-20)16-3-4-16/h5,9,15-17,26H,2-4,6-8,10-12H2,1H3,(H,22,25)/t15-,17?,20?/m1/s1. The van der Waals surface area contributed by atoms with Crippen molar-refractivity contribution in [1.82, 2.24) is 20.3 Å². The summed E-state index contributed by atoms with van der Waals surface area (Å²) in [6.07, 6.45) is 9.21. The fourth-order valence-electron chi connectivity index (χ4n) is 5.60. The van der Waals surface area contributed by atoms with Gasteiger partial charge in [0.25, 0.3) is 5.91 Å². The van der Waals surface area contributed by atoms with Gasteiger partial charge in [-0.15, -0.1) is 0 Å². The molecule has 2 bridgehead atoms. The lowest BCUT2D eigenvalue weighted by atomic mass is 9.69. The first-order chi connectivity index (χ1) is 12.6. The van der Waals surface area contributed by atoms with E-state index in [4.69, 9.17) is 5.21 Å². The molecular formula is C20H28N4O2. The lowest BCUT2D eigenvalue weighted by Gasteiger charge is -2.45. The quantitative estimate of drug-likeness (QED) is 0.624. The van der Waals surface area contributed by atoms with Crippen LogP contribution in [0.25, 0.3) is 0 Å². The molecule has 0 spiro atoms. The molecule has 6 heteroatoms. The maximum absolute atomic E-state index is 11.7. The molecule has 5 aliphatic rings. The summed E-state index contributed by atoms with van der Waals surface area (Å²) in [7, 11) is 0. The number of rotatable bonds is 5. The van der Waals surface area contributed by atoms with Gasteiger partial charge in [-0.1, -0.05) is 6.92 Å². The van der Waals surface area contributed by atoms with Crippen molar-refractivity contribution in [2.45, 2.75) is 70.1 Å². The summed E-state index contributed by atoms with van der Waals surface area (Å²) in [6.45, 7) is 5.58. The number of carbonyl (C=O) groups is 1. The number of hydroxylamine groups is 1. The van der Waals surface area contributed by atoms with Crippen molar-refractivity contribution in [3.63, 3.8) is 0 Å². The van der Waals surface area contributed by atoms with Gasteiger partial charge >= 0.3 is 0 Å². The zero-order chi connectivity index (χ0) is 17.9. The Labute approximate surface area is 154 Å². The zero-order valence-electron chi connectivity index (χ0n) is 15.4. The van der Waals surface area contributed by atoms with Gasteiger partial charge in [0.2, 0.25) is 0 Å². The molecule has 1 amide bonds. The third-order valence-electron chi connectivity index (χ3n) is 7.09. The molecule has 0 unspecified atom stereocenters. The molecule has 6 rings (SSSR count). The van der Waals surface area contributed by atoms with Crippen LogP contribution in [-0.4, -0.2) is 57.1 Å².